The highest BCUT2D eigenvalue weighted by Gasteiger charge is 2.06. The number of hydrogen-bond acceptors (Lipinski definition) is 2. The first kappa shape index (κ1) is 12.3. The smallest absolute Gasteiger partial charge is 0.138 e. The van der Waals surface area contributed by atoms with Gasteiger partial charge in [-0.3, -0.25) is 4.40 Å². The summed E-state index contributed by atoms with van der Waals surface area (Å²) < 4.78 is 7.45. The third-order valence-electron chi connectivity index (χ3n) is 2.70. The van der Waals surface area contributed by atoms with Gasteiger partial charge in [0.05, 0.1) is 10.7 Å². The molecule has 0 aliphatic heterocycles. The van der Waals surface area contributed by atoms with Crippen LogP contribution >= 0.6 is 23.2 Å². The summed E-state index contributed by atoms with van der Waals surface area (Å²) in [5.41, 5.74) is 1.60. The molecule has 0 amide bonds. The number of benzene rings is 1. The Morgan fingerprint density at radius 1 is 1.05 bits per heavy atom. The molecular weight excluding hydrogens is 283 g/mol. The van der Waals surface area contributed by atoms with Gasteiger partial charge in [-0.15, -0.1) is 0 Å². The summed E-state index contributed by atoms with van der Waals surface area (Å²) in [6.45, 7) is 0.349. The fourth-order valence-corrected chi connectivity index (χ4v) is 2.21. The van der Waals surface area contributed by atoms with Crippen molar-refractivity contribution in [2.45, 2.75) is 6.61 Å². The normalized spacial score (nSPS) is 10.8. The third kappa shape index (κ3) is 2.53. The molecule has 0 saturated carbocycles. The number of ether oxygens (including phenoxy) is 1. The molecule has 0 bridgehead atoms. The van der Waals surface area contributed by atoms with Gasteiger partial charge < -0.3 is 4.74 Å². The van der Waals surface area contributed by atoms with Crippen LogP contribution in [-0.2, 0) is 6.61 Å². The molecule has 0 aliphatic carbocycles. The standard InChI is InChI=1S/C14H10Cl2N2O/c15-11-4-1-2-5-12(11)19-9-10-8-18-13(16)6-3-7-14(18)17-10/h1-8H,9H2. The Morgan fingerprint density at radius 3 is 2.68 bits per heavy atom. The van der Waals surface area contributed by atoms with Crippen molar-refractivity contribution in [2.75, 3.05) is 0 Å². The summed E-state index contributed by atoms with van der Waals surface area (Å²) in [6.07, 6.45) is 1.86. The molecule has 0 radical (unpaired) electrons. The molecule has 0 unspecified atom stereocenters. The molecule has 0 aliphatic rings. The molecule has 0 spiro atoms. The van der Waals surface area contributed by atoms with E-state index < -0.39 is 0 Å². The van der Waals surface area contributed by atoms with Gasteiger partial charge in [0.25, 0.3) is 0 Å². The van der Waals surface area contributed by atoms with Gasteiger partial charge in [0.2, 0.25) is 0 Å². The van der Waals surface area contributed by atoms with Gasteiger partial charge in [0, 0.05) is 6.20 Å². The zero-order valence-electron chi connectivity index (χ0n) is 9.88. The predicted octanol–water partition coefficient (Wildman–Crippen LogP) is 4.22. The zero-order valence-corrected chi connectivity index (χ0v) is 11.4. The molecule has 19 heavy (non-hydrogen) atoms. The van der Waals surface area contributed by atoms with Gasteiger partial charge in [-0.05, 0) is 24.3 Å². The number of rotatable bonds is 3. The molecule has 2 aromatic heterocycles. The van der Waals surface area contributed by atoms with Crippen LogP contribution in [0.15, 0.2) is 48.7 Å². The maximum absolute atomic E-state index is 6.07. The molecule has 0 saturated heterocycles. The van der Waals surface area contributed by atoms with Crippen molar-refractivity contribution in [3.05, 3.63) is 64.5 Å². The summed E-state index contributed by atoms with van der Waals surface area (Å²) in [4.78, 5) is 4.43. The Morgan fingerprint density at radius 2 is 1.89 bits per heavy atom. The minimum atomic E-state index is 0.349. The maximum atomic E-state index is 6.07. The van der Waals surface area contributed by atoms with Gasteiger partial charge in [-0.1, -0.05) is 41.4 Å². The number of fused-ring (bicyclic) bond motifs is 1. The molecule has 2 heterocycles. The monoisotopic (exact) mass is 292 g/mol. The Balaban J connectivity index is 1.83. The van der Waals surface area contributed by atoms with Crippen molar-refractivity contribution in [3.63, 3.8) is 0 Å². The maximum Gasteiger partial charge on any atom is 0.138 e. The van der Waals surface area contributed by atoms with Crippen LogP contribution in [0, 0.1) is 0 Å². The van der Waals surface area contributed by atoms with E-state index in [0.29, 0.717) is 22.5 Å². The first-order valence-electron chi connectivity index (χ1n) is 5.74. The first-order chi connectivity index (χ1) is 9.24. The van der Waals surface area contributed by atoms with Crippen molar-refractivity contribution in [1.82, 2.24) is 9.38 Å². The average Bonchev–Trinajstić information content (AvgIpc) is 2.82. The summed E-state index contributed by atoms with van der Waals surface area (Å²) in [6, 6.07) is 12.9. The van der Waals surface area contributed by atoms with E-state index in [9.17, 15) is 0 Å². The molecule has 3 rings (SSSR count). The lowest BCUT2D eigenvalue weighted by atomic mass is 10.3. The molecule has 5 heteroatoms. The lowest BCUT2D eigenvalue weighted by Crippen LogP contribution is -1.95. The number of nitrogens with zero attached hydrogens (tertiary/aromatic N) is 2. The number of aromatic nitrogens is 2. The summed E-state index contributed by atoms with van der Waals surface area (Å²) in [5.74, 6) is 0.646. The quantitative estimate of drug-likeness (QED) is 0.676. The number of imidazole rings is 1. The molecule has 3 aromatic rings. The summed E-state index contributed by atoms with van der Waals surface area (Å²) >= 11 is 12.1. The van der Waals surface area contributed by atoms with E-state index in [1.807, 2.05) is 47.0 Å². The van der Waals surface area contributed by atoms with E-state index in [1.165, 1.54) is 0 Å². The largest absolute Gasteiger partial charge is 0.486 e. The fraction of sp³-hybridized carbons (Fsp3) is 0.0714. The van der Waals surface area contributed by atoms with Crippen molar-refractivity contribution in [3.8, 4) is 5.75 Å². The van der Waals surface area contributed by atoms with Crippen molar-refractivity contribution in [1.29, 1.82) is 0 Å². The van der Waals surface area contributed by atoms with Crippen LogP contribution in [-0.4, -0.2) is 9.38 Å². The minimum absolute atomic E-state index is 0.349. The molecular formula is C14H10Cl2N2O. The van der Waals surface area contributed by atoms with Crippen LogP contribution < -0.4 is 4.74 Å². The summed E-state index contributed by atoms with van der Waals surface area (Å²) in [5, 5.41) is 1.21. The molecule has 96 valence electrons. The van der Waals surface area contributed by atoms with Gasteiger partial charge in [0.1, 0.15) is 23.2 Å². The van der Waals surface area contributed by atoms with Crippen LogP contribution in [0.25, 0.3) is 5.65 Å². The van der Waals surface area contributed by atoms with Crippen molar-refractivity contribution in [2.24, 2.45) is 0 Å². The molecule has 3 nitrogen and oxygen atoms in total. The van der Waals surface area contributed by atoms with Crippen molar-refractivity contribution < 1.29 is 4.74 Å². The predicted molar refractivity (Wildman–Crippen MR) is 76.0 cm³/mol. The number of halogens is 2. The third-order valence-corrected chi connectivity index (χ3v) is 3.32. The topological polar surface area (TPSA) is 26.5 Å². The van der Waals surface area contributed by atoms with E-state index in [1.54, 1.807) is 6.07 Å². The first-order valence-corrected chi connectivity index (χ1v) is 6.49. The Labute approximate surface area is 120 Å². The number of para-hydroxylation sites is 1. The Hall–Kier alpha value is -1.71. The molecule has 0 fully saturated rings. The fourth-order valence-electron chi connectivity index (χ4n) is 1.81. The highest BCUT2D eigenvalue weighted by molar-refractivity contribution is 6.32. The Bertz CT molecular complexity index is 724. The highest BCUT2D eigenvalue weighted by atomic mass is 35.5. The van der Waals surface area contributed by atoms with Gasteiger partial charge >= 0.3 is 0 Å². The molecule has 0 atom stereocenters. The van der Waals surface area contributed by atoms with Gasteiger partial charge in [0.15, 0.2) is 0 Å². The van der Waals surface area contributed by atoms with E-state index in [0.717, 1.165) is 11.3 Å². The SMILES string of the molecule is Clc1ccccc1OCc1cn2c(Cl)cccc2n1. The number of pyridine rings is 1. The van der Waals surface area contributed by atoms with Crippen LogP contribution in [0.2, 0.25) is 10.2 Å². The van der Waals surface area contributed by atoms with E-state index >= 15 is 0 Å². The van der Waals surface area contributed by atoms with Crippen LogP contribution in [0.3, 0.4) is 0 Å². The average molecular weight is 293 g/mol. The second kappa shape index (κ2) is 5.11. The van der Waals surface area contributed by atoms with E-state index in [2.05, 4.69) is 4.98 Å². The Kier molecular flexibility index (Phi) is 3.32. The van der Waals surface area contributed by atoms with Gasteiger partial charge in [-0.25, -0.2) is 4.98 Å². The van der Waals surface area contributed by atoms with Gasteiger partial charge in [-0.2, -0.15) is 0 Å². The highest BCUT2D eigenvalue weighted by Crippen LogP contribution is 2.24. The van der Waals surface area contributed by atoms with Crippen LogP contribution in [0.4, 0.5) is 0 Å². The zero-order chi connectivity index (χ0) is 13.2. The van der Waals surface area contributed by atoms with Crippen molar-refractivity contribution >= 4 is 28.8 Å². The van der Waals surface area contributed by atoms with E-state index in [4.69, 9.17) is 27.9 Å². The van der Waals surface area contributed by atoms with Crippen LogP contribution in [0.1, 0.15) is 5.69 Å². The molecule has 1 aromatic carbocycles. The molecule has 0 N–H and O–H groups in total. The second-order valence-electron chi connectivity index (χ2n) is 4.03. The summed E-state index contributed by atoms with van der Waals surface area (Å²) in [7, 11) is 0. The second-order valence-corrected chi connectivity index (χ2v) is 4.82. The minimum Gasteiger partial charge on any atom is -0.486 e. The van der Waals surface area contributed by atoms with Crippen LogP contribution in [0.5, 0.6) is 5.75 Å². The lowest BCUT2D eigenvalue weighted by molar-refractivity contribution is 0.302. The lowest BCUT2D eigenvalue weighted by Gasteiger charge is -2.05. The number of hydrogen-bond donors (Lipinski definition) is 0. The van der Waals surface area contributed by atoms with E-state index in [-0.39, 0.29) is 0 Å².